The van der Waals surface area contributed by atoms with E-state index in [1.807, 2.05) is 17.5 Å². The zero-order chi connectivity index (χ0) is 15.8. The number of aliphatic carboxylic acids is 1. The van der Waals surface area contributed by atoms with Crippen LogP contribution in [0.1, 0.15) is 10.4 Å². The fourth-order valence-corrected chi connectivity index (χ4v) is 2.35. The van der Waals surface area contributed by atoms with E-state index in [4.69, 9.17) is 9.84 Å². The maximum atomic E-state index is 11.7. The lowest BCUT2D eigenvalue weighted by Crippen LogP contribution is -2.19. The number of nitrogens with one attached hydrogen (secondary N) is 1. The highest BCUT2D eigenvalue weighted by molar-refractivity contribution is 7.10. The van der Waals surface area contributed by atoms with Crippen molar-refractivity contribution < 1.29 is 19.4 Å². The number of carboxylic acids is 1. The van der Waals surface area contributed by atoms with Gasteiger partial charge in [-0.3, -0.25) is 4.79 Å². The van der Waals surface area contributed by atoms with Crippen molar-refractivity contribution in [2.24, 2.45) is 5.10 Å². The molecule has 0 radical (unpaired) electrons. The first kappa shape index (κ1) is 15.7. The van der Waals surface area contributed by atoms with Gasteiger partial charge in [0, 0.05) is 10.4 Å². The predicted octanol–water partition coefficient (Wildman–Crippen LogP) is 1.90. The van der Waals surface area contributed by atoms with Gasteiger partial charge in [-0.1, -0.05) is 18.2 Å². The first-order valence-electron chi connectivity index (χ1n) is 6.43. The molecular formula is C15H14N2O4S. The van der Waals surface area contributed by atoms with Gasteiger partial charge in [-0.25, -0.2) is 10.2 Å². The van der Waals surface area contributed by atoms with Crippen LogP contribution >= 0.6 is 11.3 Å². The zero-order valence-electron chi connectivity index (χ0n) is 11.6. The van der Waals surface area contributed by atoms with Crippen molar-refractivity contribution in [1.82, 2.24) is 5.43 Å². The summed E-state index contributed by atoms with van der Waals surface area (Å²) in [4.78, 5) is 23.2. The Kier molecular flexibility index (Phi) is 5.67. The third kappa shape index (κ3) is 5.02. The van der Waals surface area contributed by atoms with Crippen LogP contribution in [0.4, 0.5) is 0 Å². The number of amides is 1. The minimum atomic E-state index is -1.06. The second kappa shape index (κ2) is 7.94. The lowest BCUT2D eigenvalue weighted by molar-refractivity contribution is -0.139. The number of hydrazone groups is 1. The Balaban J connectivity index is 1.92. The summed E-state index contributed by atoms with van der Waals surface area (Å²) >= 11 is 1.50. The van der Waals surface area contributed by atoms with Crippen molar-refractivity contribution in [3.8, 4) is 5.75 Å². The maximum Gasteiger partial charge on any atom is 0.341 e. The second-order valence-electron chi connectivity index (χ2n) is 4.27. The van der Waals surface area contributed by atoms with Gasteiger partial charge in [0.1, 0.15) is 5.75 Å². The van der Waals surface area contributed by atoms with E-state index in [0.717, 1.165) is 4.88 Å². The van der Waals surface area contributed by atoms with Crippen LogP contribution in [0.3, 0.4) is 0 Å². The third-order valence-electron chi connectivity index (χ3n) is 2.58. The normalized spacial score (nSPS) is 10.5. The van der Waals surface area contributed by atoms with Crippen LogP contribution in [0.5, 0.6) is 5.75 Å². The molecule has 0 atom stereocenters. The molecular weight excluding hydrogens is 304 g/mol. The quantitative estimate of drug-likeness (QED) is 0.603. The van der Waals surface area contributed by atoms with Crippen molar-refractivity contribution in [2.45, 2.75) is 6.42 Å². The highest BCUT2D eigenvalue weighted by Gasteiger charge is 2.05. The number of hydrogen-bond donors (Lipinski definition) is 2. The van der Waals surface area contributed by atoms with Crippen LogP contribution in [-0.4, -0.2) is 29.8 Å². The molecule has 2 N–H and O–H groups in total. The van der Waals surface area contributed by atoms with Gasteiger partial charge in [-0.15, -0.1) is 11.3 Å². The fourth-order valence-electron chi connectivity index (χ4n) is 1.64. The lowest BCUT2D eigenvalue weighted by Gasteiger charge is -2.06. The monoisotopic (exact) mass is 318 g/mol. The number of ether oxygens (including phenoxy) is 1. The Labute approximate surface area is 131 Å². The van der Waals surface area contributed by atoms with Gasteiger partial charge in [0.15, 0.2) is 6.61 Å². The highest BCUT2D eigenvalue weighted by Crippen LogP contribution is 2.15. The number of thiophene rings is 1. The third-order valence-corrected chi connectivity index (χ3v) is 3.45. The average molecular weight is 318 g/mol. The zero-order valence-corrected chi connectivity index (χ0v) is 12.4. The van der Waals surface area contributed by atoms with E-state index in [2.05, 4.69) is 10.5 Å². The number of para-hydroxylation sites is 1. The molecule has 0 unspecified atom stereocenters. The van der Waals surface area contributed by atoms with E-state index in [0.29, 0.717) is 11.3 Å². The fraction of sp³-hybridized carbons (Fsp3) is 0.133. The van der Waals surface area contributed by atoms with Crippen molar-refractivity contribution in [3.05, 3.63) is 52.2 Å². The number of hydrogen-bond acceptors (Lipinski definition) is 5. The number of rotatable bonds is 7. The van der Waals surface area contributed by atoms with Gasteiger partial charge < -0.3 is 9.84 Å². The molecule has 2 aromatic rings. The van der Waals surface area contributed by atoms with Crippen LogP contribution in [0.25, 0.3) is 0 Å². The van der Waals surface area contributed by atoms with E-state index in [1.54, 1.807) is 24.3 Å². The largest absolute Gasteiger partial charge is 0.481 e. The Morgan fingerprint density at radius 1 is 1.27 bits per heavy atom. The smallest absolute Gasteiger partial charge is 0.341 e. The molecule has 1 amide bonds. The summed E-state index contributed by atoms with van der Waals surface area (Å²) in [5, 5.41) is 14.4. The van der Waals surface area contributed by atoms with Gasteiger partial charge in [-0.2, -0.15) is 5.10 Å². The number of carbonyl (C=O) groups is 2. The lowest BCUT2D eigenvalue weighted by atomic mass is 10.2. The van der Waals surface area contributed by atoms with Crippen LogP contribution in [-0.2, 0) is 16.0 Å². The summed E-state index contributed by atoms with van der Waals surface area (Å²) in [6.07, 6.45) is 1.69. The van der Waals surface area contributed by atoms with Gasteiger partial charge in [0.25, 0.3) is 0 Å². The number of carboxylic acid groups (broad SMARTS) is 1. The Morgan fingerprint density at radius 2 is 2.09 bits per heavy atom. The predicted molar refractivity (Wildman–Crippen MR) is 83.3 cm³/mol. The Hall–Kier alpha value is -2.67. The topological polar surface area (TPSA) is 88.0 Å². The molecule has 0 aliphatic carbocycles. The Bertz CT molecular complexity index is 668. The average Bonchev–Trinajstić information content (AvgIpc) is 2.99. The molecule has 22 heavy (non-hydrogen) atoms. The summed E-state index contributed by atoms with van der Waals surface area (Å²) in [7, 11) is 0. The van der Waals surface area contributed by atoms with Crippen molar-refractivity contribution in [3.63, 3.8) is 0 Å². The summed E-state index contributed by atoms with van der Waals surface area (Å²) in [6.45, 7) is -0.435. The highest BCUT2D eigenvalue weighted by atomic mass is 32.1. The first-order chi connectivity index (χ1) is 10.6. The molecule has 114 valence electrons. The summed E-state index contributed by atoms with van der Waals surface area (Å²) in [6, 6.07) is 10.6. The summed E-state index contributed by atoms with van der Waals surface area (Å²) in [5.74, 6) is -0.889. The van der Waals surface area contributed by atoms with Crippen molar-refractivity contribution in [2.75, 3.05) is 6.61 Å². The van der Waals surface area contributed by atoms with Gasteiger partial charge in [-0.05, 0) is 23.6 Å². The number of nitrogens with zero attached hydrogens (tertiary/aromatic N) is 1. The molecule has 7 heteroatoms. The molecule has 2 rings (SSSR count). The van der Waals surface area contributed by atoms with E-state index in [-0.39, 0.29) is 12.3 Å². The SMILES string of the molecule is O=C(O)COc1ccccc1C=NNC(=O)Cc1cccs1. The Morgan fingerprint density at radius 3 is 2.82 bits per heavy atom. The minimum absolute atomic E-state index is 0.220. The first-order valence-corrected chi connectivity index (χ1v) is 7.31. The molecule has 0 aliphatic rings. The number of benzene rings is 1. The number of carbonyl (C=O) groups excluding carboxylic acids is 1. The molecule has 0 saturated carbocycles. The molecule has 0 saturated heterocycles. The molecule has 0 aliphatic heterocycles. The van der Waals surface area contributed by atoms with Crippen LogP contribution in [0.2, 0.25) is 0 Å². The molecule has 0 bridgehead atoms. The summed E-state index contributed by atoms with van der Waals surface area (Å²) in [5.41, 5.74) is 3.01. The minimum Gasteiger partial charge on any atom is -0.481 e. The molecule has 6 nitrogen and oxygen atoms in total. The second-order valence-corrected chi connectivity index (χ2v) is 5.30. The van der Waals surface area contributed by atoms with E-state index in [9.17, 15) is 9.59 Å². The van der Waals surface area contributed by atoms with E-state index < -0.39 is 12.6 Å². The van der Waals surface area contributed by atoms with Crippen molar-refractivity contribution >= 4 is 29.4 Å². The summed E-state index contributed by atoms with van der Waals surface area (Å²) < 4.78 is 5.14. The van der Waals surface area contributed by atoms with Crippen LogP contribution < -0.4 is 10.2 Å². The molecule has 1 heterocycles. The molecule has 1 aromatic heterocycles. The van der Waals surface area contributed by atoms with Crippen LogP contribution in [0.15, 0.2) is 46.9 Å². The molecule has 1 aromatic carbocycles. The van der Waals surface area contributed by atoms with Crippen LogP contribution in [0, 0.1) is 0 Å². The molecule has 0 spiro atoms. The van der Waals surface area contributed by atoms with Gasteiger partial charge in [0.05, 0.1) is 12.6 Å². The maximum absolute atomic E-state index is 11.7. The standard InChI is InChI=1S/C15H14N2O4S/c18-14(8-12-5-3-7-22-12)17-16-9-11-4-1-2-6-13(11)21-10-15(19)20/h1-7,9H,8,10H2,(H,17,18)(H,19,20). The van der Waals surface area contributed by atoms with Gasteiger partial charge >= 0.3 is 5.97 Å². The van der Waals surface area contributed by atoms with E-state index >= 15 is 0 Å². The molecule has 0 fully saturated rings. The van der Waals surface area contributed by atoms with Crippen molar-refractivity contribution in [1.29, 1.82) is 0 Å². The van der Waals surface area contributed by atoms with E-state index in [1.165, 1.54) is 17.6 Å². The van der Waals surface area contributed by atoms with Gasteiger partial charge in [0.2, 0.25) is 5.91 Å².